The number of aromatic nitrogens is 1. The van der Waals surface area contributed by atoms with E-state index in [1.807, 2.05) is 23.9 Å². The fraction of sp³-hybridized carbons (Fsp3) is 0.583. The summed E-state index contributed by atoms with van der Waals surface area (Å²) in [5.74, 6) is 3.42. The van der Waals surface area contributed by atoms with E-state index in [2.05, 4.69) is 10.3 Å². The predicted molar refractivity (Wildman–Crippen MR) is 68.1 cm³/mol. The molecule has 1 aromatic rings. The first-order valence-electron chi connectivity index (χ1n) is 5.79. The Balaban J connectivity index is 1.58. The van der Waals surface area contributed by atoms with Crippen LogP contribution in [-0.2, 0) is 0 Å². The third kappa shape index (κ3) is 4.02. The number of hydrogen-bond acceptors (Lipinski definition) is 4. The van der Waals surface area contributed by atoms with Crippen molar-refractivity contribution in [2.24, 2.45) is 0 Å². The van der Waals surface area contributed by atoms with Crippen molar-refractivity contribution >= 4 is 11.8 Å². The number of rotatable bonds is 5. The van der Waals surface area contributed by atoms with Crippen molar-refractivity contribution in [2.75, 3.05) is 24.7 Å². The lowest BCUT2D eigenvalue weighted by Gasteiger charge is -2.22. The molecule has 3 nitrogen and oxygen atoms in total. The van der Waals surface area contributed by atoms with Gasteiger partial charge in [0, 0.05) is 24.5 Å². The van der Waals surface area contributed by atoms with Crippen molar-refractivity contribution in [2.45, 2.75) is 18.9 Å². The van der Waals surface area contributed by atoms with Gasteiger partial charge in [-0.25, -0.2) is 0 Å². The molecule has 2 rings (SSSR count). The predicted octanol–water partition coefficient (Wildman–Crippen LogP) is 1.95. The molecule has 1 N–H and O–H groups in total. The van der Waals surface area contributed by atoms with Gasteiger partial charge in [0.1, 0.15) is 12.4 Å². The average Bonchev–Trinajstić information content (AvgIpc) is 2.37. The highest BCUT2D eigenvalue weighted by atomic mass is 32.2. The van der Waals surface area contributed by atoms with Crippen molar-refractivity contribution in [3.05, 3.63) is 24.5 Å². The Bertz CT molecular complexity index is 288. The van der Waals surface area contributed by atoms with Crippen molar-refractivity contribution in [1.29, 1.82) is 0 Å². The molecule has 1 aliphatic heterocycles. The van der Waals surface area contributed by atoms with E-state index < -0.39 is 0 Å². The third-order valence-corrected chi connectivity index (χ3v) is 3.81. The summed E-state index contributed by atoms with van der Waals surface area (Å²) < 4.78 is 5.57. The highest BCUT2D eigenvalue weighted by molar-refractivity contribution is 7.99. The summed E-state index contributed by atoms with van der Waals surface area (Å²) in [6, 6.07) is 4.50. The largest absolute Gasteiger partial charge is 0.491 e. The second-order valence-electron chi connectivity index (χ2n) is 3.91. The van der Waals surface area contributed by atoms with Crippen molar-refractivity contribution in [3.63, 3.8) is 0 Å². The molecule has 0 aromatic carbocycles. The lowest BCUT2D eigenvalue weighted by Crippen LogP contribution is -2.36. The zero-order valence-corrected chi connectivity index (χ0v) is 10.2. The molecule has 0 amide bonds. The Hall–Kier alpha value is -0.740. The van der Waals surface area contributed by atoms with Crippen LogP contribution in [0.15, 0.2) is 24.5 Å². The molecule has 0 spiro atoms. The van der Waals surface area contributed by atoms with Crippen LogP contribution >= 0.6 is 11.8 Å². The topological polar surface area (TPSA) is 34.1 Å². The Kier molecular flexibility index (Phi) is 4.96. The zero-order chi connectivity index (χ0) is 11.1. The minimum atomic E-state index is 0.677. The van der Waals surface area contributed by atoms with E-state index in [0.29, 0.717) is 12.6 Å². The molecular formula is C12H18N2OS. The molecule has 1 atom stereocenters. The molecule has 2 heterocycles. The van der Waals surface area contributed by atoms with E-state index in [0.717, 1.165) is 12.3 Å². The molecule has 1 saturated heterocycles. The van der Waals surface area contributed by atoms with Crippen LogP contribution in [-0.4, -0.2) is 35.7 Å². The first-order valence-corrected chi connectivity index (χ1v) is 6.94. The molecule has 1 unspecified atom stereocenters. The van der Waals surface area contributed by atoms with Gasteiger partial charge in [-0.1, -0.05) is 0 Å². The normalized spacial score (nSPS) is 20.6. The van der Waals surface area contributed by atoms with Gasteiger partial charge in [0.05, 0.1) is 6.20 Å². The van der Waals surface area contributed by atoms with E-state index in [9.17, 15) is 0 Å². The minimum Gasteiger partial charge on any atom is -0.491 e. The van der Waals surface area contributed by atoms with Gasteiger partial charge in [0.25, 0.3) is 0 Å². The van der Waals surface area contributed by atoms with Crippen LogP contribution in [0.3, 0.4) is 0 Å². The molecule has 0 saturated carbocycles. The van der Waals surface area contributed by atoms with Gasteiger partial charge in [-0.15, -0.1) is 0 Å². The van der Waals surface area contributed by atoms with Crippen LogP contribution < -0.4 is 10.1 Å². The maximum atomic E-state index is 5.57. The molecule has 88 valence electrons. The highest BCUT2D eigenvalue weighted by Gasteiger charge is 2.12. The number of hydrogen-bond donors (Lipinski definition) is 1. The second-order valence-corrected chi connectivity index (χ2v) is 5.06. The van der Waals surface area contributed by atoms with Gasteiger partial charge in [0.2, 0.25) is 0 Å². The van der Waals surface area contributed by atoms with E-state index >= 15 is 0 Å². The Morgan fingerprint density at radius 1 is 1.56 bits per heavy atom. The van der Waals surface area contributed by atoms with Crippen LogP contribution in [0.1, 0.15) is 12.8 Å². The quantitative estimate of drug-likeness (QED) is 0.795. The molecule has 0 aliphatic carbocycles. The molecule has 1 fully saturated rings. The van der Waals surface area contributed by atoms with E-state index in [-0.39, 0.29) is 0 Å². The standard InChI is InChI=1S/C12H18N2OS/c1-4-12(9-13-5-1)15-7-6-14-11-3-2-8-16-10-11/h1,4-5,9,11,14H,2-3,6-8,10H2. The monoisotopic (exact) mass is 238 g/mol. The summed E-state index contributed by atoms with van der Waals surface area (Å²) in [5.41, 5.74) is 0. The molecule has 1 aliphatic rings. The Morgan fingerprint density at radius 2 is 2.56 bits per heavy atom. The Morgan fingerprint density at radius 3 is 3.31 bits per heavy atom. The molecule has 0 bridgehead atoms. The number of nitrogens with one attached hydrogen (secondary N) is 1. The summed E-state index contributed by atoms with van der Waals surface area (Å²) in [6.45, 7) is 1.63. The summed E-state index contributed by atoms with van der Waals surface area (Å²) in [7, 11) is 0. The van der Waals surface area contributed by atoms with Crippen LogP contribution in [0.25, 0.3) is 0 Å². The maximum Gasteiger partial charge on any atom is 0.137 e. The number of nitrogens with zero attached hydrogens (tertiary/aromatic N) is 1. The van der Waals surface area contributed by atoms with Crippen molar-refractivity contribution in [1.82, 2.24) is 10.3 Å². The van der Waals surface area contributed by atoms with Gasteiger partial charge in [-0.2, -0.15) is 11.8 Å². The maximum absolute atomic E-state index is 5.57. The van der Waals surface area contributed by atoms with Crippen LogP contribution in [0, 0.1) is 0 Å². The van der Waals surface area contributed by atoms with Gasteiger partial charge in [0.15, 0.2) is 0 Å². The molecular weight excluding hydrogens is 220 g/mol. The smallest absolute Gasteiger partial charge is 0.137 e. The summed E-state index contributed by atoms with van der Waals surface area (Å²) in [6.07, 6.45) is 6.15. The van der Waals surface area contributed by atoms with Crippen LogP contribution in [0.4, 0.5) is 0 Å². The fourth-order valence-corrected chi connectivity index (χ4v) is 2.87. The Labute approximate surface area is 101 Å². The van der Waals surface area contributed by atoms with Crippen LogP contribution in [0.2, 0.25) is 0 Å². The van der Waals surface area contributed by atoms with Gasteiger partial charge in [-0.3, -0.25) is 4.98 Å². The second kappa shape index (κ2) is 6.76. The third-order valence-electron chi connectivity index (χ3n) is 2.60. The van der Waals surface area contributed by atoms with Gasteiger partial charge >= 0.3 is 0 Å². The van der Waals surface area contributed by atoms with Crippen molar-refractivity contribution in [3.8, 4) is 5.75 Å². The first-order chi connectivity index (χ1) is 7.95. The van der Waals surface area contributed by atoms with E-state index in [4.69, 9.17) is 4.74 Å². The number of pyridine rings is 1. The van der Waals surface area contributed by atoms with Gasteiger partial charge in [-0.05, 0) is 30.7 Å². The number of ether oxygens (including phenoxy) is 1. The van der Waals surface area contributed by atoms with E-state index in [1.165, 1.54) is 24.3 Å². The zero-order valence-electron chi connectivity index (χ0n) is 9.39. The molecule has 16 heavy (non-hydrogen) atoms. The molecule has 0 radical (unpaired) electrons. The SMILES string of the molecule is c1cncc(OCCNC2CCCSC2)c1. The fourth-order valence-electron chi connectivity index (χ4n) is 1.77. The lowest BCUT2D eigenvalue weighted by molar-refractivity contribution is 0.304. The highest BCUT2D eigenvalue weighted by Crippen LogP contribution is 2.16. The summed E-state index contributed by atoms with van der Waals surface area (Å²) in [5, 5.41) is 3.53. The average molecular weight is 238 g/mol. The lowest BCUT2D eigenvalue weighted by atomic mass is 10.2. The summed E-state index contributed by atoms with van der Waals surface area (Å²) >= 11 is 2.04. The molecule has 4 heteroatoms. The minimum absolute atomic E-state index is 0.677. The van der Waals surface area contributed by atoms with Crippen molar-refractivity contribution < 1.29 is 4.74 Å². The van der Waals surface area contributed by atoms with Crippen LogP contribution in [0.5, 0.6) is 5.75 Å². The number of thioether (sulfide) groups is 1. The molecule has 1 aromatic heterocycles. The first kappa shape index (κ1) is 11.7. The van der Waals surface area contributed by atoms with E-state index in [1.54, 1.807) is 12.4 Å². The van der Waals surface area contributed by atoms with Gasteiger partial charge < -0.3 is 10.1 Å². The summed E-state index contributed by atoms with van der Waals surface area (Å²) in [4.78, 5) is 4.00.